The Balaban J connectivity index is 1.67. The molecule has 0 amide bonds. The van der Waals surface area contributed by atoms with Gasteiger partial charge >= 0.3 is 0 Å². The van der Waals surface area contributed by atoms with Crippen LogP contribution in [0, 0.1) is 0 Å². The standard InChI is InChI=1S/C19H32N2O3/c1-3-19(23,4-2)16-21-12-10-20(11-13-21)14-17(22)15-24-18-8-6-5-7-9-18/h5-9,17,22-23H,3-4,10-16H2,1-2H3/t17-/m0/s1. The highest BCUT2D eigenvalue weighted by Gasteiger charge is 2.28. The van der Waals surface area contributed by atoms with Crippen LogP contribution in [0.3, 0.4) is 0 Å². The fourth-order valence-electron chi connectivity index (χ4n) is 3.08. The van der Waals surface area contributed by atoms with E-state index in [0.29, 0.717) is 13.2 Å². The molecular formula is C19H32N2O3. The molecule has 2 rings (SSSR count). The van der Waals surface area contributed by atoms with Crippen molar-refractivity contribution in [3.63, 3.8) is 0 Å². The van der Waals surface area contributed by atoms with Gasteiger partial charge in [-0.05, 0) is 25.0 Å². The van der Waals surface area contributed by atoms with Crippen molar-refractivity contribution in [1.82, 2.24) is 9.80 Å². The molecule has 5 nitrogen and oxygen atoms in total. The van der Waals surface area contributed by atoms with Crippen LogP contribution in [0.25, 0.3) is 0 Å². The molecule has 1 aliphatic rings. The van der Waals surface area contributed by atoms with Crippen LogP contribution in [-0.4, -0.2) is 77.6 Å². The Bertz CT molecular complexity index is 457. The zero-order chi connectivity index (χ0) is 17.4. The number of rotatable bonds is 9. The van der Waals surface area contributed by atoms with Gasteiger partial charge < -0.3 is 14.9 Å². The summed E-state index contributed by atoms with van der Waals surface area (Å²) in [4.78, 5) is 4.60. The maximum absolute atomic E-state index is 10.5. The predicted octanol–water partition coefficient (Wildman–Crippen LogP) is 1.59. The van der Waals surface area contributed by atoms with Gasteiger partial charge in [0.15, 0.2) is 0 Å². The number of benzene rings is 1. The van der Waals surface area contributed by atoms with E-state index < -0.39 is 11.7 Å². The number of piperazine rings is 1. The van der Waals surface area contributed by atoms with Gasteiger partial charge in [0.1, 0.15) is 18.5 Å². The molecule has 1 aromatic carbocycles. The normalized spacial score (nSPS) is 18.5. The third-order valence-corrected chi connectivity index (χ3v) is 4.95. The van der Waals surface area contributed by atoms with E-state index in [-0.39, 0.29) is 0 Å². The summed E-state index contributed by atoms with van der Waals surface area (Å²) >= 11 is 0. The molecule has 24 heavy (non-hydrogen) atoms. The van der Waals surface area contributed by atoms with Crippen molar-refractivity contribution in [3.05, 3.63) is 30.3 Å². The monoisotopic (exact) mass is 336 g/mol. The molecule has 0 unspecified atom stereocenters. The van der Waals surface area contributed by atoms with Gasteiger partial charge in [-0.2, -0.15) is 0 Å². The second-order valence-corrected chi connectivity index (χ2v) is 6.79. The zero-order valence-corrected chi connectivity index (χ0v) is 15.0. The lowest BCUT2D eigenvalue weighted by Gasteiger charge is -2.39. The maximum atomic E-state index is 10.5. The summed E-state index contributed by atoms with van der Waals surface area (Å²) in [5.41, 5.74) is -0.564. The summed E-state index contributed by atoms with van der Waals surface area (Å²) < 4.78 is 5.61. The van der Waals surface area contributed by atoms with E-state index in [4.69, 9.17) is 4.74 Å². The van der Waals surface area contributed by atoms with E-state index in [9.17, 15) is 10.2 Å². The molecule has 136 valence electrons. The first-order chi connectivity index (χ1) is 11.5. The lowest BCUT2D eigenvalue weighted by molar-refractivity contribution is -0.0208. The van der Waals surface area contributed by atoms with Crippen molar-refractivity contribution in [2.24, 2.45) is 0 Å². The molecule has 0 bridgehead atoms. The second kappa shape index (κ2) is 9.37. The van der Waals surface area contributed by atoms with Gasteiger partial charge in [-0.3, -0.25) is 9.80 Å². The lowest BCUT2D eigenvalue weighted by atomic mass is 9.96. The summed E-state index contributed by atoms with van der Waals surface area (Å²) in [6.07, 6.45) is 1.10. The average Bonchev–Trinajstić information content (AvgIpc) is 2.62. The molecule has 0 aliphatic carbocycles. The topological polar surface area (TPSA) is 56.2 Å². The van der Waals surface area contributed by atoms with E-state index in [0.717, 1.165) is 51.3 Å². The molecule has 1 atom stereocenters. The van der Waals surface area contributed by atoms with Crippen LogP contribution in [0.4, 0.5) is 0 Å². The SMILES string of the molecule is CCC(O)(CC)CN1CCN(C[C@H](O)COc2ccccc2)CC1. The number of β-amino-alcohol motifs (C(OH)–C–C–N with tert-alkyl or cyclic N) is 2. The van der Waals surface area contributed by atoms with Crippen molar-refractivity contribution in [2.45, 2.75) is 38.4 Å². The van der Waals surface area contributed by atoms with Crippen molar-refractivity contribution >= 4 is 0 Å². The highest BCUT2D eigenvalue weighted by molar-refractivity contribution is 5.20. The van der Waals surface area contributed by atoms with Gasteiger partial charge in [0.2, 0.25) is 0 Å². The molecule has 0 radical (unpaired) electrons. The minimum Gasteiger partial charge on any atom is -0.491 e. The number of nitrogens with zero attached hydrogens (tertiary/aromatic N) is 2. The largest absolute Gasteiger partial charge is 0.491 e. The smallest absolute Gasteiger partial charge is 0.119 e. The summed E-state index contributed by atoms with van der Waals surface area (Å²) in [7, 11) is 0. The number of aliphatic hydroxyl groups excluding tert-OH is 1. The first-order valence-corrected chi connectivity index (χ1v) is 9.07. The average molecular weight is 336 g/mol. The molecule has 1 aromatic rings. The van der Waals surface area contributed by atoms with Gasteiger partial charge in [-0.1, -0.05) is 32.0 Å². The molecule has 0 spiro atoms. The Kier molecular flexibility index (Phi) is 7.49. The first-order valence-electron chi connectivity index (χ1n) is 9.07. The molecule has 0 aromatic heterocycles. The van der Waals surface area contributed by atoms with Gasteiger partial charge in [0.05, 0.1) is 5.60 Å². The first kappa shape index (κ1) is 19.2. The Hall–Kier alpha value is -1.14. The number of hydrogen-bond donors (Lipinski definition) is 2. The third kappa shape index (κ3) is 6.06. The number of para-hydroxylation sites is 1. The summed E-state index contributed by atoms with van der Waals surface area (Å²) in [5, 5.41) is 20.6. The number of ether oxygens (including phenoxy) is 1. The molecule has 1 aliphatic heterocycles. The Morgan fingerprint density at radius 3 is 2.21 bits per heavy atom. The number of aliphatic hydroxyl groups is 2. The minimum absolute atomic E-state index is 0.315. The van der Waals surface area contributed by atoms with Gasteiger partial charge in [-0.25, -0.2) is 0 Å². The molecule has 1 fully saturated rings. The van der Waals surface area contributed by atoms with Crippen molar-refractivity contribution in [2.75, 3.05) is 45.9 Å². The van der Waals surface area contributed by atoms with E-state index in [2.05, 4.69) is 9.80 Å². The van der Waals surface area contributed by atoms with Crippen LogP contribution < -0.4 is 4.74 Å². The molecule has 2 N–H and O–H groups in total. The Morgan fingerprint density at radius 1 is 1.04 bits per heavy atom. The van der Waals surface area contributed by atoms with Crippen molar-refractivity contribution < 1.29 is 14.9 Å². The summed E-state index contributed by atoms with van der Waals surface area (Å²) in [5.74, 6) is 0.791. The second-order valence-electron chi connectivity index (χ2n) is 6.79. The summed E-state index contributed by atoms with van der Waals surface area (Å²) in [6, 6.07) is 9.59. The third-order valence-electron chi connectivity index (χ3n) is 4.95. The maximum Gasteiger partial charge on any atom is 0.119 e. The number of hydrogen-bond acceptors (Lipinski definition) is 5. The quantitative estimate of drug-likeness (QED) is 0.717. The molecule has 5 heteroatoms. The van der Waals surface area contributed by atoms with Crippen LogP contribution in [0.5, 0.6) is 5.75 Å². The minimum atomic E-state index is -0.564. The van der Waals surface area contributed by atoms with E-state index in [1.807, 2.05) is 44.2 Å². The Labute approximate surface area is 145 Å². The molecule has 1 heterocycles. The van der Waals surface area contributed by atoms with Crippen LogP contribution in [0.1, 0.15) is 26.7 Å². The van der Waals surface area contributed by atoms with Crippen LogP contribution >= 0.6 is 0 Å². The van der Waals surface area contributed by atoms with Crippen LogP contribution in [-0.2, 0) is 0 Å². The van der Waals surface area contributed by atoms with Crippen molar-refractivity contribution in [3.8, 4) is 5.75 Å². The van der Waals surface area contributed by atoms with Crippen molar-refractivity contribution in [1.29, 1.82) is 0 Å². The van der Waals surface area contributed by atoms with Gasteiger partial charge in [-0.15, -0.1) is 0 Å². The lowest BCUT2D eigenvalue weighted by Crippen LogP contribution is -2.53. The fraction of sp³-hybridized carbons (Fsp3) is 0.684. The Morgan fingerprint density at radius 2 is 1.62 bits per heavy atom. The molecule has 0 saturated carbocycles. The fourth-order valence-corrected chi connectivity index (χ4v) is 3.08. The summed E-state index contributed by atoms with van der Waals surface area (Å²) in [6.45, 7) is 9.50. The van der Waals surface area contributed by atoms with Gasteiger partial charge in [0, 0.05) is 39.3 Å². The predicted molar refractivity (Wildman–Crippen MR) is 96.4 cm³/mol. The highest BCUT2D eigenvalue weighted by atomic mass is 16.5. The van der Waals surface area contributed by atoms with E-state index >= 15 is 0 Å². The van der Waals surface area contributed by atoms with E-state index in [1.165, 1.54) is 0 Å². The molecule has 1 saturated heterocycles. The zero-order valence-electron chi connectivity index (χ0n) is 15.0. The van der Waals surface area contributed by atoms with Crippen LogP contribution in [0.15, 0.2) is 30.3 Å². The van der Waals surface area contributed by atoms with Gasteiger partial charge in [0.25, 0.3) is 0 Å². The molecular weight excluding hydrogens is 304 g/mol. The highest BCUT2D eigenvalue weighted by Crippen LogP contribution is 2.17. The van der Waals surface area contributed by atoms with E-state index in [1.54, 1.807) is 0 Å². The van der Waals surface area contributed by atoms with Crippen LogP contribution in [0.2, 0.25) is 0 Å².